The van der Waals surface area contributed by atoms with Gasteiger partial charge in [0.2, 0.25) is 5.91 Å². The van der Waals surface area contributed by atoms with E-state index in [1.807, 2.05) is 84.9 Å². The van der Waals surface area contributed by atoms with E-state index in [0.29, 0.717) is 24.2 Å². The van der Waals surface area contributed by atoms with Crippen molar-refractivity contribution in [1.82, 2.24) is 10.2 Å². The normalized spacial score (nSPS) is 17.3. The number of nitrogens with one attached hydrogen (secondary N) is 1. The van der Waals surface area contributed by atoms with Crippen LogP contribution in [0.5, 0.6) is 0 Å². The second kappa shape index (κ2) is 11.4. The van der Waals surface area contributed by atoms with Crippen LogP contribution in [-0.2, 0) is 9.63 Å². The van der Waals surface area contributed by atoms with Crippen molar-refractivity contribution in [2.75, 3.05) is 20.2 Å². The number of nitrogens with zero attached hydrogens (tertiary/aromatic N) is 2. The highest BCUT2D eigenvalue weighted by Gasteiger charge is 2.35. The molecule has 0 aliphatic carbocycles. The van der Waals surface area contributed by atoms with Gasteiger partial charge in [-0.05, 0) is 28.8 Å². The summed E-state index contributed by atoms with van der Waals surface area (Å²) >= 11 is 0. The predicted octanol–water partition coefficient (Wildman–Crippen LogP) is 3.81. The van der Waals surface area contributed by atoms with Crippen molar-refractivity contribution in [1.29, 1.82) is 0 Å². The summed E-state index contributed by atoms with van der Waals surface area (Å²) in [6.07, 6.45) is -0.232. The molecule has 35 heavy (non-hydrogen) atoms. The molecule has 1 unspecified atom stereocenters. The fourth-order valence-electron chi connectivity index (χ4n) is 4.28. The molecule has 7 heteroatoms. The van der Waals surface area contributed by atoms with E-state index in [-0.39, 0.29) is 30.8 Å². The first-order valence-electron chi connectivity index (χ1n) is 11.6. The van der Waals surface area contributed by atoms with Gasteiger partial charge in [-0.1, -0.05) is 78.0 Å². The third-order valence-electron chi connectivity index (χ3n) is 6.08. The number of likely N-dealkylation sites (tertiary alicyclic amines) is 1. The Morgan fingerprint density at radius 2 is 1.63 bits per heavy atom. The second-order valence-electron chi connectivity index (χ2n) is 8.51. The lowest BCUT2D eigenvalue weighted by Gasteiger charge is -2.24. The number of carbonyl (C=O) groups excluding carboxylic acids is 2. The third kappa shape index (κ3) is 6.13. The lowest BCUT2D eigenvalue weighted by atomic mass is 10.0. The lowest BCUT2D eigenvalue weighted by molar-refractivity contribution is -0.122. The quantitative estimate of drug-likeness (QED) is 0.489. The number of hydrogen-bond donors (Lipinski definition) is 2. The van der Waals surface area contributed by atoms with Crippen molar-refractivity contribution in [2.45, 2.75) is 25.0 Å². The molecule has 4 rings (SSSR count). The zero-order valence-electron chi connectivity index (χ0n) is 19.6. The highest BCUT2D eigenvalue weighted by molar-refractivity contribution is 6.01. The van der Waals surface area contributed by atoms with Crippen molar-refractivity contribution in [3.63, 3.8) is 0 Å². The van der Waals surface area contributed by atoms with E-state index in [1.165, 1.54) is 7.11 Å². The number of oxime groups is 1. The molecule has 2 amide bonds. The molecule has 0 spiro atoms. The summed E-state index contributed by atoms with van der Waals surface area (Å²) in [6, 6.07) is 26.3. The van der Waals surface area contributed by atoms with Gasteiger partial charge in [0.1, 0.15) is 7.11 Å². The van der Waals surface area contributed by atoms with E-state index in [1.54, 1.807) is 4.90 Å². The molecule has 1 saturated heterocycles. The zero-order chi connectivity index (χ0) is 24.6. The Labute approximate surface area is 205 Å². The summed E-state index contributed by atoms with van der Waals surface area (Å²) in [7, 11) is 1.46. The van der Waals surface area contributed by atoms with Gasteiger partial charge in [-0.25, -0.2) is 0 Å². The molecule has 3 aromatic rings. The minimum atomic E-state index is -0.796. The van der Waals surface area contributed by atoms with Gasteiger partial charge in [0, 0.05) is 31.0 Å². The van der Waals surface area contributed by atoms with Crippen LogP contribution in [0.3, 0.4) is 0 Å². The Hall–Kier alpha value is -3.97. The van der Waals surface area contributed by atoms with Crippen LogP contribution in [0.25, 0.3) is 11.1 Å². The van der Waals surface area contributed by atoms with Gasteiger partial charge in [-0.2, -0.15) is 0 Å². The Balaban J connectivity index is 1.42. The summed E-state index contributed by atoms with van der Waals surface area (Å²) in [5, 5.41) is 17.1. The largest absolute Gasteiger partial charge is 0.399 e. The maximum absolute atomic E-state index is 13.3. The molecular formula is C28H29N3O4. The molecule has 1 aliphatic rings. The first-order chi connectivity index (χ1) is 17.0. The molecule has 1 aliphatic heterocycles. The molecule has 0 saturated carbocycles. The third-order valence-corrected chi connectivity index (χ3v) is 6.08. The van der Waals surface area contributed by atoms with E-state index >= 15 is 0 Å². The number of carbonyl (C=O) groups is 2. The maximum atomic E-state index is 13.3. The van der Waals surface area contributed by atoms with Gasteiger partial charge in [-0.15, -0.1) is 0 Å². The average molecular weight is 472 g/mol. The number of amides is 2. The van der Waals surface area contributed by atoms with Crippen LogP contribution < -0.4 is 5.32 Å². The van der Waals surface area contributed by atoms with Crippen molar-refractivity contribution >= 4 is 17.5 Å². The summed E-state index contributed by atoms with van der Waals surface area (Å²) in [4.78, 5) is 32.6. The molecule has 1 fully saturated rings. The van der Waals surface area contributed by atoms with Gasteiger partial charge < -0.3 is 20.2 Å². The number of benzene rings is 3. The molecule has 0 aromatic heterocycles. The van der Waals surface area contributed by atoms with E-state index in [0.717, 1.165) is 16.7 Å². The Bertz CT molecular complexity index is 1160. The topological polar surface area (TPSA) is 91.2 Å². The standard InChI is InChI=1S/C28H29N3O4/c1-35-30-24-16-25(17-27(33)29-18-26(32)22-10-6-3-7-11-22)31(19-24)28(34)23-14-12-21(13-15-23)20-8-4-2-5-9-20/h2-15,25-26,32H,16-19H2,1H3,(H,29,33)/b30-24+/t25?,26-/m1/s1. The summed E-state index contributed by atoms with van der Waals surface area (Å²) in [5.74, 6) is -0.395. The van der Waals surface area contributed by atoms with Gasteiger partial charge >= 0.3 is 0 Å². The highest BCUT2D eigenvalue weighted by Crippen LogP contribution is 2.24. The predicted molar refractivity (Wildman–Crippen MR) is 135 cm³/mol. The minimum Gasteiger partial charge on any atom is -0.399 e. The molecule has 180 valence electrons. The Morgan fingerprint density at radius 1 is 1.00 bits per heavy atom. The van der Waals surface area contributed by atoms with Gasteiger partial charge in [0.25, 0.3) is 5.91 Å². The molecule has 0 radical (unpaired) electrons. The number of hydrogen-bond acceptors (Lipinski definition) is 5. The monoisotopic (exact) mass is 471 g/mol. The Morgan fingerprint density at radius 3 is 2.29 bits per heavy atom. The van der Waals surface area contributed by atoms with Crippen LogP contribution in [0.1, 0.15) is 34.9 Å². The van der Waals surface area contributed by atoms with Gasteiger partial charge in [0.15, 0.2) is 0 Å². The molecule has 2 N–H and O–H groups in total. The van der Waals surface area contributed by atoms with Crippen molar-refractivity contribution < 1.29 is 19.5 Å². The Kier molecular flexibility index (Phi) is 7.90. The van der Waals surface area contributed by atoms with E-state index in [9.17, 15) is 14.7 Å². The van der Waals surface area contributed by atoms with Crippen molar-refractivity contribution in [3.05, 3.63) is 96.1 Å². The lowest BCUT2D eigenvalue weighted by Crippen LogP contribution is -2.40. The van der Waals surface area contributed by atoms with E-state index in [4.69, 9.17) is 4.84 Å². The first-order valence-corrected chi connectivity index (χ1v) is 11.6. The fourth-order valence-corrected chi connectivity index (χ4v) is 4.28. The van der Waals surface area contributed by atoms with Crippen LogP contribution in [-0.4, -0.2) is 53.8 Å². The van der Waals surface area contributed by atoms with Crippen LogP contribution in [0, 0.1) is 0 Å². The fraction of sp³-hybridized carbons (Fsp3) is 0.250. The average Bonchev–Trinajstić information content (AvgIpc) is 3.30. The second-order valence-corrected chi connectivity index (χ2v) is 8.51. The van der Waals surface area contributed by atoms with Crippen molar-refractivity contribution in [3.8, 4) is 11.1 Å². The van der Waals surface area contributed by atoms with Crippen LogP contribution >= 0.6 is 0 Å². The van der Waals surface area contributed by atoms with Gasteiger partial charge in [0.05, 0.1) is 18.4 Å². The van der Waals surface area contributed by atoms with Crippen molar-refractivity contribution in [2.24, 2.45) is 5.16 Å². The number of rotatable bonds is 8. The smallest absolute Gasteiger partial charge is 0.254 e. The maximum Gasteiger partial charge on any atom is 0.254 e. The van der Waals surface area contributed by atoms with Crippen LogP contribution in [0.4, 0.5) is 0 Å². The van der Waals surface area contributed by atoms with E-state index < -0.39 is 6.10 Å². The molecule has 0 bridgehead atoms. The first kappa shape index (κ1) is 24.2. The van der Waals surface area contributed by atoms with Gasteiger partial charge in [-0.3, -0.25) is 9.59 Å². The highest BCUT2D eigenvalue weighted by atomic mass is 16.6. The summed E-state index contributed by atoms with van der Waals surface area (Å²) < 4.78 is 0. The summed E-state index contributed by atoms with van der Waals surface area (Å²) in [6.45, 7) is 0.404. The zero-order valence-corrected chi connectivity index (χ0v) is 19.6. The van der Waals surface area contributed by atoms with Crippen LogP contribution in [0.2, 0.25) is 0 Å². The molecule has 2 atom stereocenters. The molecular weight excluding hydrogens is 442 g/mol. The molecule has 1 heterocycles. The SMILES string of the molecule is CO/N=C1\CC(CC(=O)NC[C@@H](O)c2ccccc2)N(C(=O)c2ccc(-c3ccccc3)cc2)C1. The molecule has 7 nitrogen and oxygen atoms in total. The number of aliphatic hydroxyl groups excluding tert-OH is 1. The molecule has 3 aromatic carbocycles. The minimum absolute atomic E-state index is 0.101. The van der Waals surface area contributed by atoms with Crippen LogP contribution in [0.15, 0.2) is 90.1 Å². The number of aliphatic hydroxyl groups is 1. The van der Waals surface area contributed by atoms with E-state index in [2.05, 4.69) is 10.5 Å². The summed E-state index contributed by atoms with van der Waals surface area (Å²) in [5.41, 5.74) is 4.10.